The predicted octanol–water partition coefficient (Wildman–Crippen LogP) is 2.24. The standard InChI is InChI=1S/C9H12BrNO2/c1-6-3-8(10)4-7(5-11-12)9(6)13-2/h3-4,11-12H,5H2,1-2H3. The SMILES string of the molecule is COc1c(C)cc(Br)cc1CNO. The summed E-state index contributed by atoms with van der Waals surface area (Å²) in [7, 11) is 1.62. The molecule has 0 aliphatic heterocycles. The lowest BCUT2D eigenvalue weighted by atomic mass is 10.1. The molecule has 0 spiro atoms. The van der Waals surface area contributed by atoms with Gasteiger partial charge in [0.15, 0.2) is 0 Å². The van der Waals surface area contributed by atoms with Crippen molar-refractivity contribution in [2.24, 2.45) is 0 Å². The Morgan fingerprint density at radius 2 is 2.23 bits per heavy atom. The first-order valence-electron chi connectivity index (χ1n) is 3.89. The molecule has 0 aliphatic carbocycles. The lowest BCUT2D eigenvalue weighted by molar-refractivity contribution is 0.160. The van der Waals surface area contributed by atoms with Gasteiger partial charge in [-0.1, -0.05) is 15.9 Å². The average Bonchev–Trinajstić information content (AvgIpc) is 2.04. The second-order valence-corrected chi connectivity index (χ2v) is 3.67. The van der Waals surface area contributed by atoms with Gasteiger partial charge < -0.3 is 9.94 Å². The maximum atomic E-state index is 8.60. The van der Waals surface area contributed by atoms with E-state index in [9.17, 15) is 0 Å². The van der Waals surface area contributed by atoms with Gasteiger partial charge in [0, 0.05) is 16.6 Å². The minimum atomic E-state index is 0.378. The first-order valence-corrected chi connectivity index (χ1v) is 4.68. The number of rotatable bonds is 3. The van der Waals surface area contributed by atoms with E-state index in [1.54, 1.807) is 7.11 Å². The fraction of sp³-hybridized carbons (Fsp3) is 0.333. The predicted molar refractivity (Wildman–Crippen MR) is 54.1 cm³/mol. The smallest absolute Gasteiger partial charge is 0.126 e. The van der Waals surface area contributed by atoms with Crippen LogP contribution < -0.4 is 10.2 Å². The van der Waals surface area contributed by atoms with Crippen LogP contribution in [0.2, 0.25) is 0 Å². The fourth-order valence-electron chi connectivity index (χ4n) is 1.31. The molecule has 0 aliphatic rings. The molecular weight excluding hydrogens is 234 g/mol. The van der Waals surface area contributed by atoms with Gasteiger partial charge in [-0.25, -0.2) is 5.48 Å². The van der Waals surface area contributed by atoms with Crippen LogP contribution in [0.5, 0.6) is 5.75 Å². The molecule has 72 valence electrons. The third-order valence-corrected chi connectivity index (χ3v) is 2.25. The maximum Gasteiger partial charge on any atom is 0.126 e. The zero-order valence-electron chi connectivity index (χ0n) is 7.60. The average molecular weight is 246 g/mol. The molecule has 1 aromatic carbocycles. The molecule has 1 aromatic rings. The lowest BCUT2D eigenvalue weighted by Gasteiger charge is -2.11. The highest BCUT2D eigenvalue weighted by Crippen LogP contribution is 2.27. The molecule has 0 saturated carbocycles. The number of hydroxylamine groups is 1. The van der Waals surface area contributed by atoms with Crippen molar-refractivity contribution in [3.63, 3.8) is 0 Å². The second kappa shape index (κ2) is 4.60. The Hall–Kier alpha value is -0.580. The largest absolute Gasteiger partial charge is 0.496 e. The molecule has 1 rings (SSSR count). The molecule has 0 radical (unpaired) electrons. The number of hydrogen-bond donors (Lipinski definition) is 2. The zero-order valence-corrected chi connectivity index (χ0v) is 9.18. The van der Waals surface area contributed by atoms with Gasteiger partial charge in [0.2, 0.25) is 0 Å². The number of aryl methyl sites for hydroxylation is 1. The Morgan fingerprint density at radius 1 is 1.54 bits per heavy atom. The first-order chi connectivity index (χ1) is 6.19. The summed E-state index contributed by atoms with van der Waals surface area (Å²) in [5.74, 6) is 0.810. The quantitative estimate of drug-likeness (QED) is 0.803. The van der Waals surface area contributed by atoms with Crippen molar-refractivity contribution in [1.29, 1.82) is 0 Å². The Balaban J connectivity index is 3.13. The molecule has 0 heterocycles. The van der Waals surface area contributed by atoms with Crippen LogP contribution in [0.1, 0.15) is 11.1 Å². The zero-order chi connectivity index (χ0) is 9.84. The van der Waals surface area contributed by atoms with Crippen molar-refractivity contribution >= 4 is 15.9 Å². The molecule has 3 nitrogen and oxygen atoms in total. The third-order valence-electron chi connectivity index (χ3n) is 1.79. The lowest BCUT2D eigenvalue weighted by Crippen LogP contribution is -2.08. The van der Waals surface area contributed by atoms with Crippen molar-refractivity contribution < 1.29 is 9.94 Å². The van der Waals surface area contributed by atoms with Gasteiger partial charge in [-0.2, -0.15) is 0 Å². The topological polar surface area (TPSA) is 41.5 Å². The number of methoxy groups -OCH3 is 1. The van der Waals surface area contributed by atoms with Gasteiger partial charge in [0.25, 0.3) is 0 Å². The summed E-state index contributed by atoms with van der Waals surface area (Å²) in [5, 5.41) is 8.60. The highest BCUT2D eigenvalue weighted by Gasteiger charge is 2.06. The first kappa shape index (κ1) is 10.5. The summed E-state index contributed by atoms with van der Waals surface area (Å²) < 4.78 is 6.19. The number of hydrogen-bond acceptors (Lipinski definition) is 3. The van der Waals surface area contributed by atoms with Crippen LogP contribution in [-0.4, -0.2) is 12.3 Å². The van der Waals surface area contributed by atoms with Crippen LogP contribution in [0, 0.1) is 6.92 Å². The molecule has 0 bridgehead atoms. The Labute approximate surface area is 85.8 Å². The normalized spacial score (nSPS) is 10.2. The monoisotopic (exact) mass is 245 g/mol. The van der Waals surface area contributed by atoms with Gasteiger partial charge in [0.1, 0.15) is 5.75 Å². The van der Waals surface area contributed by atoms with Gasteiger partial charge in [-0.3, -0.25) is 0 Å². The molecule has 4 heteroatoms. The number of ether oxygens (including phenoxy) is 1. The van der Waals surface area contributed by atoms with E-state index in [4.69, 9.17) is 9.94 Å². The van der Waals surface area contributed by atoms with E-state index >= 15 is 0 Å². The minimum Gasteiger partial charge on any atom is -0.496 e. The van der Waals surface area contributed by atoms with Crippen molar-refractivity contribution in [1.82, 2.24) is 5.48 Å². The van der Waals surface area contributed by atoms with Crippen LogP contribution >= 0.6 is 15.9 Å². The summed E-state index contributed by atoms with van der Waals surface area (Å²) in [6.07, 6.45) is 0. The molecule has 2 N–H and O–H groups in total. The molecular formula is C9H12BrNO2. The second-order valence-electron chi connectivity index (χ2n) is 2.75. The van der Waals surface area contributed by atoms with Crippen molar-refractivity contribution in [2.45, 2.75) is 13.5 Å². The Bertz CT molecular complexity index is 302. The highest BCUT2D eigenvalue weighted by atomic mass is 79.9. The van der Waals surface area contributed by atoms with E-state index in [2.05, 4.69) is 21.4 Å². The summed E-state index contributed by atoms with van der Waals surface area (Å²) in [6, 6.07) is 3.88. The molecule has 0 unspecified atom stereocenters. The minimum absolute atomic E-state index is 0.378. The molecule has 0 aromatic heterocycles. The summed E-state index contributed by atoms with van der Waals surface area (Å²) >= 11 is 3.38. The molecule has 0 amide bonds. The number of nitrogens with one attached hydrogen (secondary N) is 1. The van der Waals surface area contributed by atoms with E-state index < -0.39 is 0 Å². The molecule has 0 fully saturated rings. The highest BCUT2D eigenvalue weighted by molar-refractivity contribution is 9.10. The Morgan fingerprint density at radius 3 is 2.77 bits per heavy atom. The fourth-order valence-corrected chi connectivity index (χ4v) is 1.93. The van der Waals surface area contributed by atoms with Crippen LogP contribution in [0.15, 0.2) is 16.6 Å². The maximum absolute atomic E-state index is 8.60. The summed E-state index contributed by atoms with van der Waals surface area (Å²) in [5.41, 5.74) is 4.08. The van der Waals surface area contributed by atoms with Crippen LogP contribution in [-0.2, 0) is 6.54 Å². The van der Waals surface area contributed by atoms with Crippen molar-refractivity contribution in [3.05, 3.63) is 27.7 Å². The molecule has 0 saturated heterocycles. The van der Waals surface area contributed by atoms with E-state index in [0.717, 1.165) is 21.3 Å². The Kier molecular flexibility index (Phi) is 3.71. The van der Waals surface area contributed by atoms with Gasteiger partial charge in [0.05, 0.1) is 7.11 Å². The third kappa shape index (κ3) is 2.43. The van der Waals surface area contributed by atoms with Gasteiger partial charge in [-0.05, 0) is 24.6 Å². The summed E-state index contributed by atoms with van der Waals surface area (Å²) in [4.78, 5) is 0. The number of benzene rings is 1. The van der Waals surface area contributed by atoms with Crippen LogP contribution in [0.4, 0.5) is 0 Å². The van der Waals surface area contributed by atoms with E-state index in [1.165, 1.54) is 0 Å². The van der Waals surface area contributed by atoms with Crippen molar-refractivity contribution in [3.8, 4) is 5.75 Å². The van der Waals surface area contributed by atoms with E-state index in [1.807, 2.05) is 19.1 Å². The molecule has 0 atom stereocenters. The van der Waals surface area contributed by atoms with E-state index in [-0.39, 0.29) is 0 Å². The van der Waals surface area contributed by atoms with E-state index in [0.29, 0.717) is 6.54 Å². The van der Waals surface area contributed by atoms with Crippen LogP contribution in [0.25, 0.3) is 0 Å². The summed E-state index contributed by atoms with van der Waals surface area (Å²) in [6.45, 7) is 2.34. The van der Waals surface area contributed by atoms with Crippen LogP contribution in [0.3, 0.4) is 0 Å². The molecule has 13 heavy (non-hydrogen) atoms. The van der Waals surface area contributed by atoms with Gasteiger partial charge in [-0.15, -0.1) is 0 Å². The number of halogens is 1. The van der Waals surface area contributed by atoms with Gasteiger partial charge >= 0.3 is 0 Å². The van der Waals surface area contributed by atoms with Crippen molar-refractivity contribution in [2.75, 3.05) is 7.11 Å².